The van der Waals surface area contributed by atoms with Crippen LogP contribution in [0.1, 0.15) is 31.9 Å². The standard InChI is InChI=1S/C16H22N2O2.ClH/c1-16(2)13(11-8-9-20-14(11)16)18-15(19)12(17)10-6-4-3-5-7-10;/h3-7,11-14H,8-9,17H2,1-2H3,(H,18,19);1H. The fraction of sp³-hybridized carbons (Fsp3) is 0.562. The predicted molar refractivity (Wildman–Crippen MR) is 84.2 cm³/mol. The Labute approximate surface area is 131 Å². The Kier molecular flexibility index (Phi) is 4.61. The third-order valence-electron chi connectivity index (χ3n) is 4.84. The second-order valence-electron chi connectivity index (χ2n) is 6.44. The van der Waals surface area contributed by atoms with Crippen molar-refractivity contribution in [2.45, 2.75) is 38.5 Å². The molecule has 1 saturated heterocycles. The predicted octanol–water partition coefficient (Wildman–Crippen LogP) is 2.04. The van der Waals surface area contributed by atoms with E-state index in [1.54, 1.807) is 0 Å². The summed E-state index contributed by atoms with van der Waals surface area (Å²) in [4.78, 5) is 12.3. The summed E-state index contributed by atoms with van der Waals surface area (Å²) < 4.78 is 5.74. The maximum atomic E-state index is 12.3. The highest BCUT2D eigenvalue weighted by atomic mass is 35.5. The maximum absolute atomic E-state index is 12.3. The van der Waals surface area contributed by atoms with E-state index in [4.69, 9.17) is 10.5 Å². The van der Waals surface area contributed by atoms with Crippen molar-refractivity contribution >= 4 is 18.3 Å². The lowest BCUT2D eigenvalue weighted by molar-refractivity contribution is -0.139. The molecule has 2 fully saturated rings. The van der Waals surface area contributed by atoms with Gasteiger partial charge in [-0.25, -0.2) is 0 Å². The summed E-state index contributed by atoms with van der Waals surface area (Å²) in [6.07, 6.45) is 1.31. The maximum Gasteiger partial charge on any atom is 0.241 e. The SMILES string of the molecule is CC1(C)C(NC(=O)C(N)c2ccccc2)C2CCOC21.Cl. The topological polar surface area (TPSA) is 64.4 Å². The van der Waals surface area contributed by atoms with Gasteiger partial charge in [0.15, 0.2) is 0 Å². The van der Waals surface area contributed by atoms with Gasteiger partial charge in [-0.05, 0) is 12.0 Å². The van der Waals surface area contributed by atoms with Crippen LogP contribution in [-0.2, 0) is 9.53 Å². The van der Waals surface area contributed by atoms with E-state index in [2.05, 4.69) is 19.2 Å². The lowest BCUT2D eigenvalue weighted by Crippen LogP contribution is -2.67. The van der Waals surface area contributed by atoms with Crippen molar-refractivity contribution in [3.63, 3.8) is 0 Å². The molecule has 0 spiro atoms. The molecule has 3 N–H and O–H groups in total. The minimum atomic E-state index is -0.603. The first-order valence-electron chi connectivity index (χ1n) is 7.24. The number of nitrogens with two attached hydrogens (primary N) is 1. The summed E-state index contributed by atoms with van der Waals surface area (Å²) in [5.41, 5.74) is 6.89. The van der Waals surface area contributed by atoms with Crippen molar-refractivity contribution in [3.8, 4) is 0 Å². The molecule has 1 aliphatic carbocycles. The molecule has 1 aromatic rings. The Morgan fingerprint density at radius 2 is 2.05 bits per heavy atom. The van der Waals surface area contributed by atoms with E-state index in [1.807, 2.05) is 30.3 Å². The molecule has 2 aliphatic rings. The van der Waals surface area contributed by atoms with Gasteiger partial charge in [0.05, 0.1) is 6.10 Å². The number of carbonyl (C=O) groups is 1. The minimum absolute atomic E-state index is 0. The molecule has 21 heavy (non-hydrogen) atoms. The van der Waals surface area contributed by atoms with Gasteiger partial charge in [0.1, 0.15) is 6.04 Å². The molecule has 1 heterocycles. The van der Waals surface area contributed by atoms with E-state index < -0.39 is 6.04 Å². The number of rotatable bonds is 3. The Morgan fingerprint density at radius 3 is 2.71 bits per heavy atom. The largest absolute Gasteiger partial charge is 0.377 e. The van der Waals surface area contributed by atoms with Gasteiger partial charge < -0.3 is 15.8 Å². The second-order valence-corrected chi connectivity index (χ2v) is 6.44. The average molecular weight is 311 g/mol. The summed E-state index contributed by atoms with van der Waals surface area (Å²) in [5.74, 6) is 0.344. The summed E-state index contributed by atoms with van der Waals surface area (Å²) in [5, 5.41) is 3.13. The zero-order valence-electron chi connectivity index (χ0n) is 12.4. The lowest BCUT2D eigenvalue weighted by Gasteiger charge is -2.54. The van der Waals surface area contributed by atoms with Crippen molar-refractivity contribution < 1.29 is 9.53 Å². The number of nitrogens with one attached hydrogen (secondary N) is 1. The van der Waals surface area contributed by atoms with Crippen LogP contribution >= 0.6 is 12.4 Å². The van der Waals surface area contributed by atoms with E-state index in [0.29, 0.717) is 5.92 Å². The van der Waals surface area contributed by atoms with Gasteiger partial charge in [-0.15, -0.1) is 12.4 Å². The van der Waals surface area contributed by atoms with Gasteiger partial charge in [0.25, 0.3) is 0 Å². The Morgan fingerprint density at radius 1 is 1.38 bits per heavy atom. The van der Waals surface area contributed by atoms with Crippen molar-refractivity contribution in [1.82, 2.24) is 5.32 Å². The van der Waals surface area contributed by atoms with Gasteiger partial charge in [0, 0.05) is 24.0 Å². The summed E-state index contributed by atoms with van der Waals surface area (Å²) in [6.45, 7) is 5.10. The number of hydrogen-bond donors (Lipinski definition) is 2. The molecule has 3 rings (SSSR count). The fourth-order valence-electron chi connectivity index (χ4n) is 3.67. The molecule has 4 atom stereocenters. The third kappa shape index (κ3) is 2.68. The monoisotopic (exact) mass is 310 g/mol. The fourth-order valence-corrected chi connectivity index (χ4v) is 3.67. The van der Waals surface area contributed by atoms with Crippen LogP contribution in [0.15, 0.2) is 30.3 Å². The van der Waals surface area contributed by atoms with Crippen LogP contribution in [0, 0.1) is 11.3 Å². The first-order valence-corrected chi connectivity index (χ1v) is 7.24. The van der Waals surface area contributed by atoms with Crippen LogP contribution in [0.3, 0.4) is 0 Å². The van der Waals surface area contributed by atoms with Gasteiger partial charge >= 0.3 is 0 Å². The first kappa shape index (κ1) is 16.3. The molecular weight excluding hydrogens is 288 g/mol. The van der Waals surface area contributed by atoms with Crippen LogP contribution in [0.5, 0.6) is 0 Å². The molecular formula is C16H23ClN2O2. The van der Waals surface area contributed by atoms with Crippen LogP contribution < -0.4 is 11.1 Å². The normalized spacial score (nSPS) is 30.5. The first-order chi connectivity index (χ1) is 9.51. The van der Waals surface area contributed by atoms with Crippen molar-refractivity contribution in [2.75, 3.05) is 6.61 Å². The number of fused-ring (bicyclic) bond motifs is 1. The van der Waals surface area contributed by atoms with Crippen molar-refractivity contribution in [3.05, 3.63) is 35.9 Å². The highest BCUT2D eigenvalue weighted by Crippen LogP contribution is 2.52. The highest BCUT2D eigenvalue weighted by molar-refractivity contribution is 5.85. The molecule has 4 unspecified atom stereocenters. The van der Waals surface area contributed by atoms with Gasteiger partial charge in [0.2, 0.25) is 5.91 Å². The summed E-state index contributed by atoms with van der Waals surface area (Å²) >= 11 is 0. The second kappa shape index (κ2) is 5.95. The average Bonchev–Trinajstić information content (AvgIpc) is 2.91. The number of carbonyl (C=O) groups excluding carboxylic acids is 1. The Hall–Kier alpha value is -1.10. The quantitative estimate of drug-likeness (QED) is 0.898. The zero-order valence-corrected chi connectivity index (χ0v) is 13.2. The van der Waals surface area contributed by atoms with E-state index in [-0.39, 0.29) is 35.9 Å². The van der Waals surface area contributed by atoms with Crippen LogP contribution in [-0.4, -0.2) is 24.7 Å². The third-order valence-corrected chi connectivity index (χ3v) is 4.84. The zero-order chi connectivity index (χ0) is 14.3. The lowest BCUT2D eigenvalue weighted by atomic mass is 9.57. The molecule has 116 valence electrons. The molecule has 0 bridgehead atoms. The van der Waals surface area contributed by atoms with Crippen molar-refractivity contribution in [1.29, 1.82) is 0 Å². The van der Waals surface area contributed by atoms with Gasteiger partial charge in [-0.1, -0.05) is 44.2 Å². The number of ether oxygens (including phenoxy) is 1. The molecule has 5 heteroatoms. The number of amides is 1. The van der Waals surface area contributed by atoms with E-state index in [1.165, 1.54) is 0 Å². The van der Waals surface area contributed by atoms with E-state index in [0.717, 1.165) is 18.6 Å². The Bertz CT molecular complexity index is 506. The minimum Gasteiger partial charge on any atom is -0.377 e. The smallest absolute Gasteiger partial charge is 0.241 e. The molecule has 4 nitrogen and oxygen atoms in total. The molecule has 1 saturated carbocycles. The van der Waals surface area contributed by atoms with Crippen LogP contribution in [0.4, 0.5) is 0 Å². The van der Waals surface area contributed by atoms with Crippen LogP contribution in [0.25, 0.3) is 0 Å². The van der Waals surface area contributed by atoms with Crippen molar-refractivity contribution in [2.24, 2.45) is 17.1 Å². The van der Waals surface area contributed by atoms with Gasteiger partial charge in [-0.2, -0.15) is 0 Å². The number of halogens is 1. The van der Waals surface area contributed by atoms with E-state index >= 15 is 0 Å². The van der Waals surface area contributed by atoms with E-state index in [9.17, 15) is 4.79 Å². The van der Waals surface area contributed by atoms with Crippen LogP contribution in [0.2, 0.25) is 0 Å². The molecule has 1 amide bonds. The summed E-state index contributed by atoms with van der Waals surface area (Å²) in [7, 11) is 0. The molecule has 0 radical (unpaired) electrons. The molecule has 0 aromatic heterocycles. The number of hydrogen-bond acceptors (Lipinski definition) is 3. The van der Waals surface area contributed by atoms with Gasteiger partial charge in [-0.3, -0.25) is 4.79 Å². The molecule has 1 aliphatic heterocycles. The summed E-state index contributed by atoms with van der Waals surface area (Å²) in [6, 6.07) is 9.05. The number of benzene rings is 1. The molecule has 1 aromatic carbocycles. The Balaban J connectivity index is 0.00000161. The highest BCUT2D eigenvalue weighted by Gasteiger charge is 2.59.